The van der Waals surface area contributed by atoms with Gasteiger partial charge in [-0.15, -0.1) is 0 Å². The highest BCUT2D eigenvalue weighted by molar-refractivity contribution is 5.84. The predicted molar refractivity (Wildman–Crippen MR) is 83.6 cm³/mol. The molecule has 1 aliphatic heterocycles. The van der Waals surface area contributed by atoms with Gasteiger partial charge in [0.1, 0.15) is 0 Å². The van der Waals surface area contributed by atoms with Crippen LogP contribution in [0.3, 0.4) is 0 Å². The van der Waals surface area contributed by atoms with Crippen LogP contribution in [0.2, 0.25) is 0 Å². The molecule has 0 radical (unpaired) electrons. The van der Waals surface area contributed by atoms with Crippen molar-refractivity contribution in [2.45, 2.75) is 38.6 Å². The van der Waals surface area contributed by atoms with Crippen LogP contribution in [0.4, 0.5) is 8.78 Å². The third kappa shape index (κ3) is 4.82. The first-order valence-electron chi connectivity index (χ1n) is 7.88. The van der Waals surface area contributed by atoms with Crippen molar-refractivity contribution >= 4 is 11.6 Å². The number of halogens is 2. The lowest BCUT2D eigenvalue weighted by Gasteiger charge is -2.36. The van der Waals surface area contributed by atoms with E-state index in [2.05, 4.69) is 0 Å². The molecule has 6 heteroatoms. The standard InChI is InChI=1S/C17H22F2N2O2/c1-2-3-13(20)10-14-11-23-7-6-21(14)17(22)9-12-4-5-15(18)16(19)8-12/h4-5,8,14,20H,2-3,6-7,9-11H2,1H3. The molecule has 1 heterocycles. The van der Waals surface area contributed by atoms with Gasteiger partial charge in [0, 0.05) is 18.7 Å². The first-order valence-corrected chi connectivity index (χ1v) is 7.88. The quantitative estimate of drug-likeness (QED) is 0.818. The molecule has 1 saturated heterocycles. The Morgan fingerprint density at radius 2 is 2.17 bits per heavy atom. The molecule has 1 aromatic carbocycles. The topological polar surface area (TPSA) is 53.4 Å². The van der Waals surface area contributed by atoms with Crippen molar-refractivity contribution in [3.05, 3.63) is 35.4 Å². The first-order chi connectivity index (χ1) is 11.0. The van der Waals surface area contributed by atoms with E-state index in [9.17, 15) is 13.6 Å². The first kappa shape index (κ1) is 17.5. The van der Waals surface area contributed by atoms with Gasteiger partial charge in [0.05, 0.1) is 25.7 Å². The fourth-order valence-electron chi connectivity index (χ4n) is 2.77. The molecule has 0 aromatic heterocycles. The van der Waals surface area contributed by atoms with Gasteiger partial charge in [-0.2, -0.15) is 0 Å². The van der Waals surface area contributed by atoms with Crippen LogP contribution in [0.5, 0.6) is 0 Å². The highest BCUT2D eigenvalue weighted by Crippen LogP contribution is 2.16. The zero-order valence-electron chi connectivity index (χ0n) is 13.3. The lowest BCUT2D eigenvalue weighted by atomic mass is 10.0. The molecule has 0 aliphatic carbocycles. The smallest absolute Gasteiger partial charge is 0.227 e. The molecule has 1 aliphatic rings. The molecule has 1 amide bonds. The minimum Gasteiger partial charge on any atom is -0.377 e. The van der Waals surface area contributed by atoms with E-state index in [0.29, 0.717) is 43.9 Å². The lowest BCUT2D eigenvalue weighted by Crippen LogP contribution is -2.50. The molecule has 1 atom stereocenters. The molecule has 4 nitrogen and oxygen atoms in total. The Kier molecular flexibility index (Phi) is 6.21. The van der Waals surface area contributed by atoms with Gasteiger partial charge in [-0.25, -0.2) is 8.78 Å². The van der Waals surface area contributed by atoms with Crippen molar-refractivity contribution in [2.75, 3.05) is 19.8 Å². The monoisotopic (exact) mass is 324 g/mol. The molecular weight excluding hydrogens is 302 g/mol. The maximum absolute atomic E-state index is 13.3. The number of nitrogens with zero attached hydrogens (tertiary/aromatic N) is 1. The van der Waals surface area contributed by atoms with Crippen molar-refractivity contribution in [3.8, 4) is 0 Å². The highest BCUT2D eigenvalue weighted by Gasteiger charge is 2.28. The van der Waals surface area contributed by atoms with Gasteiger partial charge in [0.2, 0.25) is 5.91 Å². The predicted octanol–water partition coefficient (Wildman–Crippen LogP) is 2.94. The van der Waals surface area contributed by atoms with Gasteiger partial charge in [-0.1, -0.05) is 19.4 Å². The van der Waals surface area contributed by atoms with E-state index in [0.717, 1.165) is 18.6 Å². The third-order valence-corrected chi connectivity index (χ3v) is 3.92. The summed E-state index contributed by atoms with van der Waals surface area (Å²) in [5, 5.41) is 7.94. The van der Waals surface area contributed by atoms with E-state index in [1.807, 2.05) is 6.92 Å². The second-order valence-electron chi connectivity index (χ2n) is 5.80. The summed E-state index contributed by atoms with van der Waals surface area (Å²) in [5.41, 5.74) is 1.05. The van der Waals surface area contributed by atoms with Crippen LogP contribution in [0, 0.1) is 17.0 Å². The number of ether oxygens (including phenoxy) is 1. The number of rotatable bonds is 6. The van der Waals surface area contributed by atoms with Gasteiger partial charge in [0.25, 0.3) is 0 Å². The van der Waals surface area contributed by atoms with Gasteiger partial charge in [-0.3, -0.25) is 4.79 Å². The second-order valence-corrected chi connectivity index (χ2v) is 5.80. The maximum atomic E-state index is 13.3. The molecule has 1 aromatic rings. The second kappa shape index (κ2) is 8.15. The zero-order valence-corrected chi connectivity index (χ0v) is 13.3. The minimum atomic E-state index is -0.946. The van der Waals surface area contributed by atoms with Crippen LogP contribution < -0.4 is 0 Å². The van der Waals surface area contributed by atoms with Gasteiger partial charge >= 0.3 is 0 Å². The van der Waals surface area contributed by atoms with Crippen LogP contribution in [-0.4, -0.2) is 42.3 Å². The van der Waals surface area contributed by atoms with E-state index in [-0.39, 0.29) is 18.4 Å². The van der Waals surface area contributed by atoms with Crippen molar-refractivity contribution in [2.24, 2.45) is 0 Å². The molecule has 2 rings (SSSR count). The molecule has 0 spiro atoms. The normalized spacial score (nSPS) is 18.0. The summed E-state index contributed by atoms with van der Waals surface area (Å²) in [6.07, 6.45) is 2.13. The minimum absolute atomic E-state index is 0.0226. The van der Waals surface area contributed by atoms with E-state index >= 15 is 0 Å². The van der Waals surface area contributed by atoms with E-state index < -0.39 is 11.6 Å². The van der Waals surface area contributed by atoms with Crippen LogP contribution in [-0.2, 0) is 16.0 Å². The highest BCUT2D eigenvalue weighted by atomic mass is 19.2. The molecule has 1 unspecified atom stereocenters. The fraction of sp³-hybridized carbons (Fsp3) is 0.529. The summed E-state index contributed by atoms with van der Waals surface area (Å²) in [6, 6.07) is 3.36. The summed E-state index contributed by atoms with van der Waals surface area (Å²) >= 11 is 0. The molecule has 23 heavy (non-hydrogen) atoms. The number of amides is 1. The number of morpholine rings is 1. The van der Waals surface area contributed by atoms with Crippen molar-refractivity contribution in [1.29, 1.82) is 5.41 Å². The lowest BCUT2D eigenvalue weighted by molar-refractivity contribution is -0.138. The average molecular weight is 324 g/mol. The van der Waals surface area contributed by atoms with Gasteiger partial charge in [-0.05, 0) is 24.1 Å². The number of hydrogen-bond donors (Lipinski definition) is 1. The summed E-state index contributed by atoms with van der Waals surface area (Å²) in [6.45, 7) is 3.35. The molecule has 0 saturated carbocycles. The molecule has 126 valence electrons. The van der Waals surface area contributed by atoms with Crippen LogP contribution in [0.1, 0.15) is 31.7 Å². The largest absolute Gasteiger partial charge is 0.377 e. The van der Waals surface area contributed by atoms with Crippen molar-refractivity contribution < 1.29 is 18.3 Å². The number of benzene rings is 1. The third-order valence-electron chi connectivity index (χ3n) is 3.92. The van der Waals surface area contributed by atoms with E-state index in [1.165, 1.54) is 6.07 Å². The Labute approximate surface area is 134 Å². The number of hydrogen-bond acceptors (Lipinski definition) is 3. The number of carbonyl (C=O) groups is 1. The van der Waals surface area contributed by atoms with Crippen molar-refractivity contribution in [3.63, 3.8) is 0 Å². The van der Waals surface area contributed by atoms with Gasteiger partial charge < -0.3 is 15.0 Å². The molecular formula is C17H22F2N2O2. The molecule has 1 fully saturated rings. The van der Waals surface area contributed by atoms with E-state index in [1.54, 1.807) is 4.90 Å². The molecule has 1 N–H and O–H groups in total. The number of nitrogens with one attached hydrogen (secondary N) is 1. The number of carbonyl (C=O) groups excluding carboxylic acids is 1. The van der Waals surface area contributed by atoms with E-state index in [4.69, 9.17) is 10.1 Å². The molecule has 0 bridgehead atoms. The summed E-state index contributed by atoms with van der Waals surface area (Å²) in [5.74, 6) is -2.01. The van der Waals surface area contributed by atoms with Crippen LogP contribution in [0.15, 0.2) is 18.2 Å². The summed E-state index contributed by atoms with van der Waals surface area (Å²) in [7, 11) is 0. The van der Waals surface area contributed by atoms with Crippen LogP contribution >= 0.6 is 0 Å². The Bertz CT molecular complexity index is 578. The van der Waals surface area contributed by atoms with Crippen LogP contribution in [0.25, 0.3) is 0 Å². The Hall–Kier alpha value is -1.82. The fourth-order valence-corrected chi connectivity index (χ4v) is 2.77. The summed E-state index contributed by atoms with van der Waals surface area (Å²) < 4.78 is 31.6. The van der Waals surface area contributed by atoms with Crippen molar-refractivity contribution in [1.82, 2.24) is 4.90 Å². The summed E-state index contributed by atoms with van der Waals surface area (Å²) in [4.78, 5) is 14.2. The zero-order chi connectivity index (χ0) is 16.8. The SMILES string of the molecule is CCCC(=N)CC1COCCN1C(=O)Cc1ccc(F)c(F)c1. The Morgan fingerprint density at radius 1 is 1.39 bits per heavy atom. The maximum Gasteiger partial charge on any atom is 0.227 e. The average Bonchev–Trinajstić information content (AvgIpc) is 2.51. The Balaban J connectivity index is 2.02. The van der Waals surface area contributed by atoms with Gasteiger partial charge in [0.15, 0.2) is 11.6 Å². The Morgan fingerprint density at radius 3 is 2.87 bits per heavy atom.